The third kappa shape index (κ3) is 4.39. The Balaban J connectivity index is 1.57. The molecule has 1 unspecified atom stereocenters. The van der Waals surface area contributed by atoms with E-state index in [0.717, 1.165) is 17.5 Å². The third-order valence-electron chi connectivity index (χ3n) is 4.50. The summed E-state index contributed by atoms with van der Waals surface area (Å²) in [6.45, 7) is 2.84. The van der Waals surface area contributed by atoms with Crippen LogP contribution in [0.5, 0.6) is 0 Å². The number of benzene rings is 2. The topological polar surface area (TPSA) is 61.4 Å². The van der Waals surface area contributed by atoms with Gasteiger partial charge in [-0.25, -0.2) is 9.18 Å². The fraction of sp³-hybridized carbons (Fsp3) is 0.300. The van der Waals surface area contributed by atoms with Gasteiger partial charge < -0.3 is 15.5 Å². The Hall–Kier alpha value is -2.89. The maximum Gasteiger partial charge on any atom is 0.322 e. The van der Waals surface area contributed by atoms with Crippen LogP contribution in [0.2, 0.25) is 0 Å². The number of urea groups is 1. The highest BCUT2D eigenvalue weighted by molar-refractivity contribution is 5.94. The van der Waals surface area contributed by atoms with Crippen molar-refractivity contribution in [2.75, 3.05) is 11.9 Å². The number of anilines is 1. The largest absolute Gasteiger partial charge is 0.350 e. The first kappa shape index (κ1) is 17.9. The molecule has 3 rings (SSSR count). The van der Waals surface area contributed by atoms with Gasteiger partial charge in [-0.05, 0) is 49.6 Å². The lowest BCUT2D eigenvalue weighted by molar-refractivity contribution is -0.124. The van der Waals surface area contributed by atoms with E-state index in [1.807, 2.05) is 31.2 Å². The van der Waals surface area contributed by atoms with Crippen molar-refractivity contribution in [1.29, 1.82) is 0 Å². The van der Waals surface area contributed by atoms with Crippen LogP contribution >= 0.6 is 0 Å². The second-order valence-corrected chi connectivity index (χ2v) is 6.49. The van der Waals surface area contributed by atoms with Crippen LogP contribution in [-0.4, -0.2) is 29.4 Å². The molecule has 1 aliphatic rings. The molecule has 0 saturated carbocycles. The van der Waals surface area contributed by atoms with Gasteiger partial charge in [0.05, 0.1) is 0 Å². The van der Waals surface area contributed by atoms with Gasteiger partial charge in [-0.1, -0.05) is 29.8 Å². The molecule has 6 heteroatoms. The summed E-state index contributed by atoms with van der Waals surface area (Å²) in [5.74, 6) is -0.499. The normalized spacial score (nSPS) is 16.4. The van der Waals surface area contributed by atoms with Crippen molar-refractivity contribution in [3.63, 3.8) is 0 Å². The predicted molar refractivity (Wildman–Crippen MR) is 98.2 cm³/mol. The Morgan fingerprint density at radius 3 is 2.50 bits per heavy atom. The van der Waals surface area contributed by atoms with Crippen molar-refractivity contribution in [3.05, 3.63) is 65.5 Å². The second kappa shape index (κ2) is 7.99. The molecule has 1 saturated heterocycles. The number of aryl methyl sites for hydroxylation is 1. The highest BCUT2D eigenvalue weighted by Gasteiger charge is 2.34. The molecule has 26 heavy (non-hydrogen) atoms. The van der Waals surface area contributed by atoms with Crippen molar-refractivity contribution >= 4 is 17.6 Å². The van der Waals surface area contributed by atoms with Gasteiger partial charge in [0.25, 0.3) is 0 Å². The molecule has 0 aromatic heterocycles. The van der Waals surface area contributed by atoms with Crippen LogP contribution in [0.1, 0.15) is 24.0 Å². The lowest BCUT2D eigenvalue weighted by atomic mass is 10.2. The van der Waals surface area contributed by atoms with Crippen LogP contribution in [0.3, 0.4) is 0 Å². The molecule has 2 N–H and O–H groups in total. The van der Waals surface area contributed by atoms with E-state index in [1.165, 1.54) is 12.1 Å². The maximum absolute atomic E-state index is 12.9. The first-order valence-corrected chi connectivity index (χ1v) is 8.69. The molecule has 0 radical (unpaired) electrons. The fourth-order valence-corrected chi connectivity index (χ4v) is 3.02. The molecule has 2 aromatic rings. The highest BCUT2D eigenvalue weighted by atomic mass is 19.1. The monoisotopic (exact) mass is 355 g/mol. The summed E-state index contributed by atoms with van der Waals surface area (Å²) < 4.78 is 12.9. The van der Waals surface area contributed by atoms with Gasteiger partial charge in [0.1, 0.15) is 11.9 Å². The zero-order valence-corrected chi connectivity index (χ0v) is 14.7. The molecule has 0 aliphatic carbocycles. The second-order valence-electron chi connectivity index (χ2n) is 6.49. The smallest absolute Gasteiger partial charge is 0.322 e. The lowest BCUT2D eigenvalue weighted by Gasteiger charge is -2.24. The van der Waals surface area contributed by atoms with Gasteiger partial charge in [-0.15, -0.1) is 0 Å². The van der Waals surface area contributed by atoms with Crippen LogP contribution in [0.15, 0.2) is 48.5 Å². The summed E-state index contributed by atoms with van der Waals surface area (Å²) in [6.07, 6.45) is 1.42. The Kier molecular flexibility index (Phi) is 5.51. The SMILES string of the molecule is Cc1ccc(NC(=O)N2CCCC2C(=O)NCc2ccc(F)cc2)cc1. The summed E-state index contributed by atoms with van der Waals surface area (Å²) in [7, 11) is 0. The van der Waals surface area contributed by atoms with E-state index in [-0.39, 0.29) is 17.8 Å². The number of nitrogens with one attached hydrogen (secondary N) is 2. The van der Waals surface area contributed by atoms with Gasteiger partial charge >= 0.3 is 6.03 Å². The predicted octanol–water partition coefficient (Wildman–Crippen LogP) is 3.45. The van der Waals surface area contributed by atoms with Gasteiger partial charge in [0.2, 0.25) is 5.91 Å². The van der Waals surface area contributed by atoms with Crippen LogP contribution < -0.4 is 10.6 Å². The number of rotatable bonds is 4. The quantitative estimate of drug-likeness (QED) is 0.882. The van der Waals surface area contributed by atoms with Gasteiger partial charge in [-0.2, -0.15) is 0 Å². The molecule has 1 atom stereocenters. The van der Waals surface area contributed by atoms with E-state index in [2.05, 4.69) is 10.6 Å². The third-order valence-corrected chi connectivity index (χ3v) is 4.50. The van der Waals surface area contributed by atoms with E-state index in [9.17, 15) is 14.0 Å². The summed E-state index contributed by atoms with van der Waals surface area (Å²) >= 11 is 0. The van der Waals surface area contributed by atoms with Crippen molar-refractivity contribution in [1.82, 2.24) is 10.2 Å². The summed E-state index contributed by atoms with van der Waals surface area (Å²) in [5.41, 5.74) is 2.63. The van der Waals surface area contributed by atoms with Gasteiger partial charge in [-0.3, -0.25) is 4.79 Å². The number of hydrogen-bond donors (Lipinski definition) is 2. The summed E-state index contributed by atoms with van der Waals surface area (Å²) in [6, 6.07) is 12.8. The van der Waals surface area contributed by atoms with E-state index in [4.69, 9.17) is 0 Å². The van der Waals surface area contributed by atoms with Gasteiger partial charge in [0.15, 0.2) is 0 Å². The van der Waals surface area contributed by atoms with E-state index < -0.39 is 6.04 Å². The standard InChI is InChI=1S/C20H22FN3O2/c1-14-4-10-17(11-5-14)23-20(26)24-12-2-3-18(24)19(25)22-13-15-6-8-16(21)9-7-15/h4-11,18H,2-3,12-13H2,1H3,(H,22,25)(H,23,26). The van der Waals surface area contributed by atoms with E-state index in [0.29, 0.717) is 25.2 Å². The Morgan fingerprint density at radius 1 is 1.12 bits per heavy atom. The van der Waals surface area contributed by atoms with Crippen LogP contribution in [-0.2, 0) is 11.3 Å². The minimum absolute atomic E-state index is 0.189. The molecule has 136 valence electrons. The molecule has 0 bridgehead atoms. The number of carbonyl (C=O) groups is 2. The number of nitrogens with zero attached hydrogens (tertiary/aromatic N) is 1. The zero-order chi connectivity index (χ0) is 18.5. The summed E-state index contributed by atoms with van der Waals surface area (Å²) in [4.78, 5) is 26.6. The summed E-state index contributed by atoms with van der Waals surface area (Å²) in [5, 5.41) is 5.67. The van der Waals surface area contributed by atoms with Crippen LogP contribution in [0, 0.1) is 12.7 Å². The van der Waals surface area contributed by atoms with Crippen molar-refractivity contribution in [2.24, 2.45) is 0 Å². The molecule has 1 aliphatic heterocycles. The molecular formula is C20H22FN3O2. The Bertz CT molecular complexity index is 775. The first-order chi connectivity index (χ1) is 12.5. The average molecular weight is 355 g/mol. The first-order valence-electron chi connectivity index (χ1n) is 8.69. The molecule has 5 nitrogen and oxygen atoms in total. The minimum atomic E-state index is -0.485. The minimum Gasteiger partial charge on any atom is -0.350 e. The Labute approximate surface area is 152 Å². The number of hydrogen-bond acceptors (Lipinski definition) is 2. The molecule has 3 amide bonds. The molecule has 1 fully saturated rings. The number of carbonyl (C=O) groups excluding carboxylic acids is 2. The number of likely N-dealkylation sites (tertiary alicyclic amines) is 1. The molecule has 1 heterocycles. The Morgan fingerprint density at radius 2 is 1.81 bits per heavy atom. The highest BCUT2D eigenvalue weighted by Crippen LogP contribution is 2.19. The molecule has 0 spiro atoms. The number of halogens is 1. The van der Waals surface area contributed by atoms with Crippen molar-refractivity contribution in [2.45, 2.75) is 32.4 Å². The van der Waals surface area contributed by atoms with Crippen molar-refractivity contribution < 1.29 is 14.0 Å². The molecular weight excluding hydrogens is 333 g/mol. The average Bonchev–Trinajstić information content (AvgIpc) is 3.13. The van der Waals surface area contributed by atoms with Crippen LogP contribution in [0.25, 0.3) is 0 Å². The van der Waals surface area contributed by atoms with Crippen molar-refractivity contribution in [3.8, 4) is 0 Å². The zero-order valence-electron chi connectivity index (χ0n) is 14.7. The fourth-order valence-electron chi connectivity index (χ4n) is 3.02. The van der Waals surface area contributed by atoms with E-state index >= 15 is 0 Å². The lowest BCUT2D eigenvalue weighted by Crippen LogP contribution is -2.47. The maximum atomic E-state index is 12.9. The van der Waals surface area contributed by atoms with Crippen LogP contribution in [0.4, 0.5) is 14.9 Å². The van der Waals surface area contributed by atoms with E-state index in [1.54, 1.807) is 17.0 Å². The number of amides is 3. The molecule has 2 aromatic carbocycles. The van der Waals surface area contributed by atoms with Gasteiger partial charge in [0, 0.05) is 18.8 Å².